The molecule has 6 nitrogen and oxygen atoms in total. The Morgan fingerprint density at radius 1 is 1.11 bits per heavy atom. The zero-order chi connectivity index (χ0) is 19.4. The summed E-state index contributed by atoms with van der Waals surface area (Å²) in [6.45, 7) is 7.88. The van der Waals surface area contributed by atoms with Crippen LogP contribution in [0.4, 0.5) is 11.4 Å². The average Bonchev–Trinajstić information content (AvgIpc) is 2.69. The molecular formula is C21H23N3O3. The van der Waals surface area contributed by atoms with E-state index < -0.39 is 5.91 Å². The fourth-order valence-electron chi connectivity index (χ4n) is 2.96. The highest BCUT2D eigenvalue weighted by Crippen LogP contribution is 2.22. The first-order valence-corrected chi connectivity index (χ1v) is 8.94. The van der Waals surface area contributed by atoms with Gasteiger partial charge in [0.1, 0.15) is 11.1 Å². The van der Waals surface area contributed by atoms with Crippen molar-refractivity contribution in [3.05, 3.63) is 65.2 Å². The largest absolute Gasteiger partial charge is 0.435 e. The van der Waals surface area contributed by atoms with Gasteiger partial charge in [0.25, 0.3) is 11.5 Å². The summed E-state index contributed by atoms with van der Waals surface area (Å²) in [7, 11) is 0. The number of aryl methyl sites for hydroxylation is 1. The maximum absolute atomic E-state index is 12.6. The molecule has 0 fully saturated rings. The lowest BCUT2D eigenvalue weighted by atomic mass is 10.1. The summed E-state index contributed by atoms with van der Waals surface area (Å²) in [6.07, 6.45) is 0. The fourth-order valence-corrected chi connectivity index (χ4v) is 2.96. The van der Waals surface area contributed by atoms with E-state index in [0.717, 1.165) is 29.7 Å². The lowest BCUT2D eigenvalue weighted by Gasteiger charge is -2.21. The summed E-state index contributed by atoms with van der Waals surface area (Å²) in [5, 5.41) is 16.1. The predicted molar refractivity (Wildman–Crippen MR) is 106 cm³/mol. The summed E-state index contributed by atoms with van der Waals surface area (Å²) in [5.74, 6) is -0.398. The maximum Gasteiger partial charge on any atom is 0.268 e. The number of anilines is 2. The van der Waals surface area contributed by atoms with Crippen LogP contribution in [0, 0.1) is 6.92 Å². The van der Waals surface area contributed by atoms with E-state index in [2.05, 4.69) is 29.2 Å². The Balaban J connectivity index is 1.99. The number of carbonyl (C=O) groups is 1. The molecule has 1 amide bonds. The molecule has 0 aliphatic heterocycles. The van der Waals surface area contributed by atoms with Gasteiger partial charge < -0.3 is 19.8 Å². The third-order valence-electron chi connectivity index (χ3n) is 4.51. The average molecular weight is 365 g/mol. The van der Waals surface area contributed by atoms with Crippen LogP contribution in [0.25, 0.3) is 11.0 Å². The van der Waals surface area contributed by atoms with Gasteiger partial charge in [0.2, 0.25) is 0 Å². The van der Waals surface area contributed by atoms with E-state index in [1.165, 1.54) is 0 Å². The van der Waals surface area contributed by atoms with E-state index in [1.54, 1.807) is 6.07 Å². The molecule has 3 aromatic rings. The van der Waals surface area contributed by atoms with Crippen LogP contribution in [0.3, 0.4) is 0 Å². The Hall–Kier alpha value is -3.28. The van der Waals surface area contributed by atoms with Crippen molar-refractivity contribution in [2.75, 3.05) is 23.3 Å². The fraction of sp³-hybridized carbons (Fsp3) is 0.238. The second-order valence-corrected chi connectivity index (χ2v) is 6.28. The molecule has 0 aliphatic rings. The lowest BCUT2D eigenvalue weighted by Crippen LogP contribution is -2.22. The predicted octanol–water partition coefficient (Wildman–Crippen LogP) is 4.13. The second-order valence-electron chi connectivity index (χ2n) is 6.28. The van der Waals surface area contributed by atoms with Gasteiger partial charge >= 0.3 is 0 Å². The first-order valence-electron chi connectivity index (χ1n) is 8.94. The number of amides is 1. The van der Waals surface area contributed by atoms with Gasteiger partial charge in [-0.2, -0.15) is 0 Å². The van der Waals surface area contributed by atoms with Crippen molar-refractivity contribution in [3.63, 3.8) is 0 Å². The topological polar surface area (TPSA) is 78.1 Å². The number of carbonyl (C=O) groups excluding carboxylic acids is 1. The molecule has 6 heteroatoms. The summed E-state index contributed by atoms with van der Waals surface area (Å²) in [5.41, 5.74) is 3.37. The quantitative estimate of drug-likeness (QED) is 0.526. The molecule has 1 heterocycles. The Morgan fingerprint density at radius 3 is 2.44 bits per heavy atom. The van der Waals surface area contributed by atoms with Crippen molar-refractivity contribution in [1.82, 2.24) is 0 Å². The monoisotopic (exact) mass is 365 g/mol. The SMILES string of the molecule is CCN(CC)c1ccc2cc(C(=O)Nc3ccc(C)cc3)c(=NO)oc2c1. The smallest absolute Gasteiger partial charge is 0.268 e. The zero-order valence-corrected chi connectivity index (χ0v) is 15.7. The summed E-state index contributed by atoms with van der Waals surface area (Å²) < 4.78 is 5.70. The molecule has 3 rings (SSSR count). The van der Waals surface area contributed by atoms with Crippen LogP contribution in [0.1, 0.15) is 29.8 Å². The number of nitrogens with zero attached hydrogens (tertiary/aromatic N) is 2. The van der Waals surface area contributed by atoms with Gasteiger partial charge in [-0.15, -0.1) is 0 Å². The second kappa shape index (κ2) is 7.95. The summed E-state index contributed by atoms with van der Waals surface area (Å²) >= 11 is 0. The third-order valence-corrected chi connectivity index (χ3v) is 4.51. The molecule has 0 saturated carbocycles. The van der Waals surface area contributed by atoms with Crippen LogP contribution in [0.5, 0.6) is 0 Å². The van der Waals surface area contributed by atoms with Crippen molar-refractivity contribution in [3.8, 4) is 0 Å². The molecule has 0 saturated heterocycles. The van der Waals surface area contributed by atoms with Crippen molar-refractivity contribution >= 4 is 28.3 Å². The van der Waals surface area contributed by atoms with Crippen LogP contribution < -0.4 is 15.8 Å². The van der Waals surface area contributed by atoms with E-state index >= 15 is 0 Å². The Labute approximate surface area is 157 Å². The van der Waals surface area contributed by atoms with Crippen molar-refractivity contribution in [2.45, 2.75) is 20.8 Å². The van der Waals surface area contributed by atoms with Crippen molar-refractivity contribution < 1.29 is 14.4 Å². The number of fused-ring (bicyclic) bond motifs is 1. The van der Waals surface area contributed by atoms with Gasteiger partial charge in [-0.25, -0.2) is 0 Å². The van der Waals surface area contributed by atoms with Gasteiger partial charge in [0.05, 0.1) is 0 Å². The Kier molecular flexibility index (Phi) is 5.45. The molecule has 0 spiro atoms. The van der Waals surface area contributed by atoms with E-state index in [4.69, 9.17) is 4.42 Å². The first-order chi connectivity index (χ1) is 13.0. The van der Waals surface area contributed by atoms with Gasteiger partial charge in [-0.1, -0.05) is 17.7 Å². The molecule has 0 unspecified atom stereocenters. The van der Waals surface area contributed by atoms with E-state index in [9.17, 15) is 10.0 Å². The highest BCUT2D eigenvalue weighted by molar-refractivity contribution is 6.05. The summed E-state index contributed by atoms with van der Waals surface area (Å²) in [6, 6.07) is 14.9. The highest BCUT2D eigenvalue weighted by Gasteiger charge is 2.14. The molecule has 1 aromatic heterocycles. The third kappa shape index (κ3) is 3.95. The lowest BCUT2D eigenvalue weighted by molar-refractivity contribution is 0.102. The molecule has 0 radical (unpaired) electrons. The highest BCUT2D eigenvalue weighted by atomic mass is 16.5. The summed E-state index contributed by atoms with van der Waals surface area (Å²) in [4.78, 5) is 14.8. The van der Waals surface area contributed by atoms with Gasteiger partial charge in [-0.3, -0.25) is 4.79 Å². The molecule has 0 atom stereocenters. The van der Waals surface area contributed by atoms with Gasteiger partial charge in [0.15, 0.2) is 0 Å². The van der Waals surface area contributed by atoms with E-state index in [1.807, 2.05) is 49.4 Å². The Morgan fingerprint density at radius 2 is 1.81 bits per heavy atom. The maximum atomic E-state index is 12.6. The number of hydrogen-bond donors (Lipinski definition) is 2. The Bertz CT molecular complexity index is 1020. The van der Waals surface area contributed by atoms with Crippen molar-refractivity contribution in [1.29, 1.82) is 0 Å². The first kappa shape index (κ1) is 18.5. The molecular weight excluding hydrogens is 342 g/mol. The van der Waals surface area contributed by atoms with Gasteiger partial charge in [0, 0.05) is 35.9 Å². The minimum atomic E-state index is -0.398. The molecule has 2 aromatic carbocycles. The van der Waals surface area contributed by atoms with E-state index in [-0.39, 0.29) is 11.1 Å². The number of hydrogen-bond acceptors (Lipinski definition) is 5. The van der Waals surface area contributed by atoms with Crippen molar-refractivity contribution in [2.24, 2.45) is 5.16 Å². The minimum absolute atomic E-state index is 0.121. The minimum Gasteiger partial charge on any atom is -0.435 e. The number of nitrogens with one attached hydrogen (secondary N) is 1. The molecule has 140 valence electrons. The number of benzene rings is 2. The van der Waals surface area contributed by atoms with Crippen LogP contribution in [-0.4, -0.2) is 24.2 Å². The van der Waals surface area contributed by atoms with E-state index in [0.29, 0.717) is 11.3 Å². The standard InChI is InChI=1S/C21H23N3O3/c1-4-24(5-2)17-11-8-15-12-18(21(23-26)27-19(15)13-17)20(25)22-16-9-6-14(3)7-10-16/h6-13,26H,4-5H2,1-3H3,(H,22,25). The van der Waals surface area contributed by atoms with Crippen LogP contribution >= 0.6 is 0 Å². The normalized spacial score (nSPS) is 11.6. The van der Waals surface area contributed by atoms with Crippen LogP contribution in [0.2, 0.25) is 0 Å². The van der Waals surface area contributed by atoms with Crippen LogP contribution in [-0.2, 0) is 0 Å². The number of rotatable bonds is 5. The zero-order valence-electron chi connectivity index (χ0n) is 15.7. The molecule has 0 aliphatic carbocycles. The van der Waals surface area contributed by atoms with Crippen LogP contribution in [0.15, 0.2) is 58.1 Å². The molecule has 2 N–H and O–H groups in total. The van der Waals surface area contributed by atoms with Gasteiger partial charge in [-0.05, 0) is 56.3 Å². The molecule has 0 bridgehead atoms. The molecule has 27 heavy (non-hydrogen) atoms.